The number of anilines is 2. The number of piperazine rings is 1. The van der Waals surface area contributed by atoms with Gasteiger partial charge in [-0.15, -0.1) is 0 Å². The molecule has 2 N–H and O–H groups in total. The van der Waals surface area contributed by atoms with E-state index in [-0.39, 0.29) is 17.6 Å². The molecule has 4 aromatic rings. The molecule has 0 bridgehead atoms. The van der Waals surface area contributed by atoms with Crippen molar-refractivity contribution in [3.8, 4) is 0 Å². The van der Waals surface area contributed by atoms with Gasteiger partial charge in [-0.3, -0.25) is 9.69 Å². The van der Waals surface area contributed by atoms with Gasteiger partial charge in [-0.05, 0) is 67.8 Å². The molecule has 256 valence electrons. The van der Waals surface area contributed by atoms with Gasteiger partial charge in [0.25, 0.3) is 0 Å². The smallest absolute Gasteiger partial charge is 0.475 e. The fraction of sp³-hybridized carbons (Fsp3) is 0.400. The Morgan fingerprint density at radius 2 is 1.46 bits per heavy atom. The van der Waals surface area contributed by atoms with Gasteiger partial charge in [0.05, 0.1) is 17.6 Å². The molecule has 0 radical (unpaired) electrons. The summed E-state index contributed by atoms with van der Waals surface area (Å²) in [6, 6.07) is 25.4. The Labute approximate surface area is 276 Å². The van der Waals surface area contributed by atoms with Crippen LogP contribution in [0.15, 0.2) is 78.9 Å². The molecule has 6 rings (SSSR count). The first kappa shape index (κ1) is 34.7. The summed E-state index contributed by atoms with van der Waals surface area (Å²) in [5.74, 6) is -1.85. The molecule has 0 atom stereocenters. The molecule has 2 fully saturated rings. The predicted octanol–water partition coefficient (Wildman–Crippen LogP) is 5.40. The first-order valence-electron chi connectivity index (χ1n) is 16.1. The van der Waals surface area contributed by atoms with Gasteiger partial charge >= 0.3 is 12.1 Å². The van der Waals surface area contributed by atoms with E-state index in [0.29, 0.717) is 6.54 Å². The topological polar surface area (TPSA) is 93.9 Å². The van der Waals surface area contributed by atoms with Crippen LogP contribution in [-0.2, 0) is 16.1 Å². The van der Waals surface area contributed by atoms with Gasteiger partial charge in [0.15, 0.2) is 0 Å². The van der Waals surface area contributed by atoms with Gasteiger partial charge in [0, 0.05) is 57.4 Å². The second-order valence-electron chi connectivity index (χ2n) is 12.0. The summed E-state index contributed by atoms with van der Waals surface area (Å²) in [7, 11) is 0. The van der Waals surface area contributed by atoms with Gasteiger partial charge in [-0.2, -0.15) is 13.2 Å². The molecule has 13 heteroatoms. The summed E-state index contributed by atoms with van der Waals surface area (Å²) in [6.07, 6.45) is -2.48. The monoisotopic (exact) mass is 668 g/mol. The number of aromatic nitrogens is 2. The summed E-state index contributed by atoms with van der Waals surface area (Å²) in [5, 5.41) is 10.3. The van der Waals surface area contributed by atoms with Crippen molar-refractivity contribution in [2.24, 2.45) is 5.92 Å². The third-order valence-corrected chi connectivity index (χ3v) is 8.72. The number of fused-ring (bicyclic) bond motifs is 1. The summed E-state index contributed by atoms with van der Waals surface area (Å²) in [5.41, 5.74) is 4.35. The second-order valence-corrected chi connectivity index (χ2v) is 12.0. The molecule has 1 aromatic heterocycles. The van der Waals surface area contributed by atoms with Crippen molar-refractivity contribution in [2.75, 3.05) is 62.2 Å². The molecule has 0 aliphatic carbocycles. The number of halogens is 4. The number of piperidine rings is 1. The number of carbonyl (C=O) groups excluding carboxylic acids is 1. The molecule has 3 heterocycles. The van der Waals surface area contributed by atoms with Crippen LogP contribution in [0, 0.1) is 11.7 Å². The quantitative estimate of drug-likeness (QED) is 0.182. The average molecular weight is 669 g/mol. The van der Waals surface area contributed by atoms with E-state index in [1.54, 1.807) is 0 Å². The van der Waals surface area contributed by atoms with E-state index < -0.39 is 12.1 Å². The second kappa shape index (κ2) is 16.0. The van der Waals surface area contributed by atoms with Crippen molar-refractivity contribution in [3.05, 3.63) is 90.2 Å². The summed E-state index contributed by atoms with van der Waals surface area (Å²) >= 11 is 0. The molecule has 1 amide bonds. The summed E-state index contributed by atoms with van der Waals surface area (Å²) in [4.78, 5) is 34.1. The Bertz CT molecular complexity index is 1630. The maximum atomic E-state index is 13.5. The molecule has 9 nitrogen and oxygen atoms in total. The van der Waals surface area contributed by atoms with E-state index in [1.165, 1.54) is 17.8 Å². The van der Waals surface area contributed by atoms with E-state index in [2.05, 4.69) is 61.0 Å². The number of nitrogens with one attached hydrogen (secondary N) is 1. The van der Waals surface area contributed by atoms with Gasteiger partial charge < -0.3 is 24.8 Å². The number of rotatable bonds is 9. The lowest BCUT2D eigenvalue weighted by atomic mass is 9.96. The number of nitrogens with zero attached hydrogens (tertiary/aromatic N) is 5. The zero-order chi connectivity index (χ0) is 34.1. The zero-order valence-electron chi connectivity index (χ0n) is 26.6. The van der Waals surface area contributed by atoms with Crippen LogP contribution >= 0.6 is 0 Å². The van der Waals surface area contributed by atoms with Crippen LogP contribution in [0.2, 0.25) is 0 Å². The van der Waals surface area contributed by atoms with E-state index >= 15 is 0 Å². The lowest BCUT2D eigenvalue weighted by molar-refractivity contribution is -0.192. The van der Waals surface area contributed by atoms with Gasteiger partial charge in [0.1, 0.15) is 5.82 Å². The number of carboxylic acids is 1. The lowest BCUT2D eigenvalue weighted by Gasteiger charge is -2.36. The van der Waals surface area contributed by atoms with Gasteiger partial charge in [0.2, 0.25) is 11.9 Å². The summed E-state index contributed by atoms with van der Waals surface area (Å²) in [6.45, 7) is 8.17. The molecule has 0 spiro atoms. The Hall–Kier alpha value is -4.65. The number of aliphatic carboxylic acids is 1. The number of alkyl halides is 3. The number of benzene rings is 3. The summed E-state index contributed by atoms with van der Waals surface area (Å²) < 4.78 is 47.4. The van der Waals surface area contributed by atoms with E-state index in [4.69, 9.17) is 14.9 Å². The fourth-order valence-corrected chi connectivity index (χ4v) is 6.10. The normalized spacial score (nSPS) is 16.0. The highest BCUT2D eigenvalue weighted by Gasteiger charge is 2.38. The largest absolute Gasteiger partial charge is 0.490 e. The van der Waals surface area contributed by atoms with Crippen LogP contribution in [0.25, 0.3) is 11.0 Å². The number of carbonyl (C=O) groups is 2. The highest BCUT2D eigenvalue weighted by atomic mass is 19.4. The highest BCUT2D eigenvalue weighted by molar-refractivity contribution is 5.80. The first-order valence-corrected chi connectivity index (χ1v) is 16.1. The Morgan fingerprint density at radius 3 is 2.10 bits per heavy atom. The Kier molecular flexibility index (Phi) is 11.5. The highest BCUT2D eigenvalue weighted by Crippen LogP contribution is 2.28. The van der Waals surface area contributed by atoms with E-state index in [9.17, 15) is 22.4 Å². The number of amides is 1. The van der Waals surface area contributed by atoms with Crippen molar-refractivity contribution >= 4 is 34.5 Å². The minimum Gasteiger partial charge on any atom is -0.475 e. The van der Waals surface area contributed by atoms with Crippen LogP contribution in [-0.4, -0.2) is 90.0 Å². The molecule has 0 saturated carbocycles. The van der Waals surface area contributed by atoms with Crippen molar-refractivity contribution in [3.63, 3.8) is 0 Å². The molecule has 0 unspecified atom stereocenters. The number of hydrogen-bond donors (Lipinski definition) is 2. The Balaban J connectivity index is 0.000000582. The minimum atomic E-state index is -5.08. The minimum absolute atomic E-state index is 0.0376. The molecule has 2 aliphatic rings. The van der Waals surface area contributed by atoms with Crippen molar-refractivity contribution in [1.82, 2.24) is 19.8 Å². The third kappa shape index (κ3) is 9.24. The van der Waals surface area contributed by atoms with Crippen molar-refractivity contribution in [2.45, 2.75) is 32.0 Å². The van der Waals surface area contributed by atoms with E-state index in [0.717, 1.165) is 94.2 Å². The van der Waals surface area contributed by atoms with Crippen molar-refractivity contribution in [1.29, 1.82) is 0 Å². The Morgan fingerprint density at radius 1 is 0.833 bits per heavy atom. The first-order chi connectivity index (χ1) is 23.1. The maximum Gasteiger partial charge on any atom is 0.490 e. The van der Waals surface area contributed by atoms with Crippen LogP contribution in [0.4, 0.5) is 29.2 Å². The van der Waals surface area contributed by atoms with Crippen LogP contribution in [0.1, 0.15) is 24.8 Å². The third-order valence-electron chi connectivity index (χ3n) is 8.72. The predicted molar refractivity (Wildman–Crippen MR) is 177 cm³/mol. The maximum absolute atomic E-state index is 13.5. The molecule has 3 aromatic carbocycles. The van der Waals surface area contributed by atoms with Crippen LogP contribution in [0.3, 0.4) is 0 Å². The molecular weight excluding hydrogens is 628 g/mol. The van der Waals surface area contributed by atoms with Crippen molar-refractivity contribution < 1.29 is 32.3 Å². The van der Waals surface area contributed by atoms with Gasteiger partial charge in [-0.25, -0.2) is 14.2 Å². The number of imidazole rings is 1. The van der Waals surface area contributed by atoms with Gasteiger partial charge in [-0.1, -0.05) is 42.5 Å². The average Bonchev–Trinajstić information content (AvgIpc) is 3.46. The number of hydrogen-bond acceptors (Lipinski definition) is 6. The zero-order valence-corrected chi connectivity index (χ0v) is 26.6. The lowest BCUT2D eigenvalue weighted by Crippen LogP contribution is -2.47. The molecule has 48 heavy (non-hydrogen) atoms. The fourth-order valence-electron chi connectivity index (χ4n) is 6.10. The molecule has 2 aliphatic heterocycles. The standard InChI is InChI=1S/C33H39FN6O.C2HF3O2/c34-28-13-11-26(12-14-28)25-40-31-10-5-4-9-30(31)36-33(40)39-19-15-27(16-20-39)32(41)35-17-6-18-37-21-23-38(24-22-37)29-7-2-1-3-8-29;3-2(4,5)1(6)7/h1-5,7-14,27H,6,15-25H2,(H,35,41);(H,6,7). The number of para-hydroxylation sites is 3. The van der Waals surface area contributed by atoms with E-state index in [1.807, 2.05) is 30.3 Å². The van der Waals surface area contributed by atoms with Crippen LogP contribution in [0.5, 0.6) is 0 Å². The molecular formula is C35H40F4N6O3. The molecule has 2 saturated heterocycles. The number of carboxylic acid groups (broad SMARTS) is 1. The van der Waals surface area contributed by atoms with Crippen LogP contribution < -0.4 is 15.1 Å². The SMILES string of the molecule is O=C(NCCCN1CCN(c2ccccc2)CC1)C1CCN(c2nc3ccccc3n2Cc2ccc(F)cc2)CC1.O=C(O)C(F)(F)F.